The van der Waals surface area contributed by atoms with E-state index >= 15 is 0 Å². The number of hydrogen-bond donors (Lipinski definition) is 1. The quantitative estimate of drug-likeness (QED) is 0.923. The average Bonchev–Trinajstić information content (AvgIpc) is 2.47. The van der Waals surface area contributed by atoms with Gasteiger partial charge in [-0.3, -0.25) is 4.21 Å². The van der Waals surface area contributed by atoms with Crippen LogP contribution in [-0.4, -0.2) is 11.3 Å². The van der Waals surface area contributed by atoms with Gasteiger partial charge in [-0.15, -0.1) is 0 Å². The Morgan fingerprint density at radius 3 is 2.70 bits per heavy atom. The highest BCUT2D eigenvalue weighted by Gasteiger charge is 2.10. The van der Waals surface area contributed by atoms with Crippen LogP contribution in [0, 0.1) is 0 Å². The second-order valence-electron chi connectivity index (χ2n) is 4.30. The van der Waals surface area contributed by atoms with E-state index in [9.17, 15) is 4.21 Å². The van der Waals surface area contributed by atoms with Gasteiger partial charge in [0.1, 0.15) is 5.75 Å². The third-order valence-electron chi connectivity index (χ3n) is 2.93. The lowest BCUT2D eigenvalue weighted by atomic mass is 10.1. The van der Waals surface area contributed by atoms with Crippen molar-refractivity contribution in [3.05, 3.63) is 58.6 Å². The highest BCUT2D eigenvalue weighted by Crippen LogP contribution is 2.24. The van der Waals surface area contributed by atoms with Crippen LogP contribution in [0.5, 0.6) is 5.75 Å². The molecule has 0 fully saturated rings. The van der Waals surface area contributed by atoms with Gasteiger partial charge in [0.15, 0.2) is 0 Å². The maximum Gasteiger partial charge on any atom is 0.123 e. The number of ether oxygens (including phenoxy) is 1. The predicted molar refractivity (Wildman–Crippen MR) is 82.4 cm³/mol. The normalized spacial score (nSPS) is 12.2. The van der Waals surface area contributed by atoms with E-state index in [4.69, 9.17) is 22.1 Å². The van der Waals surface area contributed by atoms with E-state index in [-0.39, 0.29) is 0 Å². The Morgan fingerprint density at radius 1 is 1.25 bits per heavy atom. The summed E-state index contributed by atoms with van der Waals surface area (Å²) in [5.74, 6) is 1.09. The smallest absolute Gasteiger partial charge is 0.123 e. The molecule has 2 N–H and O–H groups in total. The molecule has 0 radical (unpaired) electrons. The van der Waals surface area contributed by atoms with Crippen LogP contribution in [0.15, 0.2) is 47.4 Å². The Kier molecular flexibility index (Phi) is 5.17. The van der Waals surface area contributed by atoms with Crippen molar-refractivity contribution in [3.63, 3.8) is 0 Å². The summed E-state index contributed by atoms with van der Waals surface area (Å²) in [7, 11) is 0.428. The van der Waals surface area contributed by atoms with Gasteiger partial charge in [-0.2, -0.15) is 0 Å². The van der Waals surface area contributed by atoms with Crippen LogP contribution in [-0.2, 0) is 23.1 Å². The fourth-order valence-electron chi connectivity index (χ4n) is 1.90. The van der Waals surface area contributed by atoms with Crippen LogP contribution < -0.4 is 10.5 Å². The fraction of sp³-hybridized carbons (Fsp3) is 0.200. The maximum atomic E-state index is 12.4. The van der Waals surface area contributed by atoms with Crippen molar-refractivity contribution in [2.24, 2.45) is 5.73 Å². The predicted octanol–water partition coefficient (Wildman–Crippen LogP) is 3.12. The lowest BCUT2D eigenvalue weighted by Crippen LogP contribution is -2.02. The third-order valence-corrected chi connectivity index (χ3v) is 4.51. The Morgan fingerprint density at radius 2 is 2.05 bits per heavy atom. The SMILES string of the molecule is COc1ccc(CN)cc1CS(=O)c1cccc(Cl)c1. The van der Waals surface area contributed by atoms with Crippen LogP contribution in [0.1, 0.15) is 11.1 Å². The summed E-state index contributed by atoms with van der Waals surface area (Å²) >= 11 is 5.92. The van der Waals surface area contributed by atoms with E-state index in [1.807, 2.05) is 18.2 Å². The number of nitrogens with two attached hydrogens (primary N) is 1. The Balaban J connectivity index is 2.27. The Labute approximate surface area is 126 Å². The minimum Gasteiger partial charge on any atom is -0.496 e. The summed E-state index contributed by atoms with van der Waals surface area (Å²) in [6.45, 7) is 0.445. The average molecular weight is 310 g/mol. The Hall–Kier alpha value is -1.36. The molecule has 1 unspecified atom stereocenters. The van der Waals surface area contributed by atoms with Crippen molar-refractivity contribution in [1.29, 1.82) is 0 Å². The van der Waals surface area contributed by atoms with Crippen molar-refractivity contribution in [2.45, 2.75) is 17.2 Å². The molecule has 3 nitrogen and oxygen atoms in total. The molecule has 1 atom stereocenters. The van der Waals surface area contributed by atoms with E-state index in [0.29, 0.717) is 22.2 Å². The van der Waals surface area contributed by atoms with Gasteiger partial charge in [0.05, 0.1) is 23.7 Å². The van der Waals surface area contributed by atoms with Crippen LogP contribution in [0.2, 0.25) is 5.02 Å². The monoisotopic (exact) mass is 309 g/mol. The topological polar surface area (TPSA) is 52.3 Å². The van der Waals surface area contributed by atoms with Crippen LogP contribution in [0.4, 0.5) is 0 Å². The molecule has 0 aromatic heterocycles. The highest BCUT2D eigenvalue weighted by atomic mass is 35.5. The van der Waals surface area contributed by atoms with Gasteiger partial charge in [-0.05, 0) is 35.9 Å². The van der Waals surface area contributed by atoms with Gasteiger partial charge in [0.25, 0.3) is 0 Å². The van der Waals surface area contributed by atoms with Gasteiger partial charge in [0.2, 0.25) is 0 Å². The van der Waals surface area contributed by atoms with Crippen molar-refractivity contribution < 1.29 is 8.95 Å². The molecule has 5 heteroatoms. The van der Waals surface area contributed by atoms with Crippen LogP contribution >= 0.6 is 11.6 Å². The molecule has 0 bridgehead atoms. The van der Waals surface area contributed by atoms with Crippen LogP contribution in [0.25, 0.3) is 0 Å². The molecule has 0 saturated carbocycles. The summed E-state index contributed by atoms with van der Waals surface area (Å²) in [4.78, 5) is 0.706. The fourth-order valence-corrected chi connectivity index (χ4v) is 3.32. The lowest BCUT2D eigenvalue weighted by molar-refractivity contribution is 0.411. The first-order valence-electron chi connectivity index (χ1n) is 6.14. The first-order valence-corrected chi connectivity index (χ1v) is 7.83. The zero-order valence-electron chi connectivity index (χ0n) is 11.1. The number of hydrogen-bond acceptors (Lipinski definition) is 3. The van der Waals surface area contributed by atoms with Gasteiger partial charge in [-0.25, -0.2) is 0 Å². The molecule has 106 valence electrons. The molecule has 20 heavy (non-hydrogen) atoms. The largest absolute Gasteiger partial charge is 0.496 e. The van der Waals surface area contributed by atoms with Crippen molar-refractivity contribution in [3.8, 4) is 5.75 Å². The first kappa shape index (κ1) is 15.0. The molecule has 2 aromatic carbocycles. The Bertz CT molecular complexity index is 631. The van der Waals surface area contributed by atoms with Crippen molar-refractivity contribution in [2.75, 3.05) is 7.11 Å². The molecular formula is C15H16ClNO2S. The molecule has 2 rings (SSSR count). The second-order valence-corrected chi connectivity index (χ2v) is 6.19. The molecule has 0 aliphatic carbocycles. The summed E-state index contributed by atoms with van der Waals surface area (Å²) in [5.41, 5.74) is 7.51. The van der Waals surface area contributed by atoms with E-state index < -0.39 is 10.8 Å². The van der Waals surface area contributed by atoms with Crippen molar-refractivity contribution in [1.82, 2.24) is 0 Å². The first-order chi connectivity index (χ1) is 9.63. The highest BCUT2D eigenvalue weighted by molar-refractivity contribution is 7.84. The molecule has 0 aliphatic rings. The van der Waals surface area contributed by atoms with Gasteiger partial charge < -0.3 is 10.5 Å². The molecule has 0 aliphatic heterocycles. The van der Waals surface area contributed by atoms with Gasteiger partial charge in [0, 0.05) is 22.0 Å². The number of methoxy groups -OCH3 is 1. The number of halogens is 1. The molecule has 0 heterocycles. The summed E-state index contributed by atoms with van der Waals surface area (Å²) in [5, 5.41) is 0.582. The number of rotatable bonds is 5. The minimum atomic E-state index is -1.17. The molecule has 0 amide bonds. The molecular weight excluding hydrogens is 294 g/mol. The standard InChI is InChI=1S/C15H16ClNO2S/c1-19-15-6-5-11(9-17)7-12(15)10-20(18)14-4-2-3-13(16)8-14/h2-8H,9-10,17H2,1H3. The van der Waals surface area contributed by atoms with Gasteiger partial charge in [-0.1, -0.05) is 23.7 Å². The zero-order chi connectivity index (χ0) is 14.5. The molecule has 0 spiro atoms. The molecule has 0 saturated heterocycles. The van der Waals surface area contributed by atoms with E-state index in [1.54, 1.807) is 31.4 Å². The summed E-state index contributed by atoms with van der Waals surface area (Å²) in [6, 6.07) is 12.8. The summed E-state index contributed by atoms with van der Waals surface area (Å²) < 4.78 is 17.7. The van der Waals surface area contributed by atoms with Gasteiger partial charge >= 0.3 is 0 Å². The van der Waals surface area contributed by atoms with E-state index in [0.717, 1.165) is 16.9 Å². The maximum absolute atomic E-state index is 12.4. The summed E-state index contributed by atoms with van der Waals surface area (Å²) in [6.07, 6.45) is 0. The van der Waals surface area contributed by atoms with E-state index in [2.05, 4.69) is 0 Å². The minimum absolute atomic E-state index is 0.372. The van der Waals surface area contributed by atoms with Crippen molar-refractivity contribution >= 4 is 22.4 Å². The van der Waals surface area contributed by atoms with E-state index in [1.165, 1.54) is 0 Å². The van der Waals surface area contributed by atoms with Crippen LogP contribution in [0.3, 0.4) is 0 Å². The number of benzene rings is 2. The second kappa shape index (κ2) is 6.88. The lowest BCUT2D eigenvalue weighted by Gasteiger charge is -2.10. The molecule has 2 aromatic rings. The zero-order valence-corrected chi connectivity index (χ0v) is 12.7. The third kappa shape index (κ3) is 3.60.